The molecule has 2 amide bonds. The van der Waals surface area contributed by atoms with Crippen LogP contribution in [0.1, 0.15) is 32.8 Å². The molecule has 1 aromatic carbocycles. The zero-order valence-electron chi connectivity index (χ0n) is 17.3. The second kappa shape index (κ2) is 9.74. The lowest BCUT2D eigenvalue weighted by Crippen LogP contribution is -2.42. The maximum atomic E-state index is 12.8. The van der Waals surface area contributed by atoms with Crippen molar-refractivity contribution < 1.29 is 19.1 Å². The minimum Gasteiger partial charge on any atom is -0.493 e. The second-order valence-corrected chi connectivity index (χ2v) is 7.12. The Morgan fingerprint density at radius 3 is 2.55 bits per heavy atom. The van der Waals surface area contributed by atoms with E-state index in [1.807, 2.05) is 6.07 Å². The number of carbonyl (C=O) groups excluding carboxylic acids is 2. The topological polar surface area (TPSA) is 79.6 Å². The quantitative estimate of drug-likeness (QED) is 0.380. The van der Waals surface area contributed by atoms with Gasteiger partial charge in [-0.05, 0) is 48.6 Å². The van der Waals surface area contributed by atoms with Crippen LogP contribution >= 0.6 is 0 Å². The van der Waals surface area contributed by atoms with Crippen molar-refractivity contribution in [3.63, 3.8) is 0 Å². The molecule has 0 unspecified atom stereocenters. The van der Waals surface area contributed by atoms with Crippen LogP contribution in [0.25, 0.3) is 6.08 Å². The van der Waals surface area contributed by atoms with Crippen molar-refractivity contribution >= 4 is 17.9 Å². The molecule has 152 valence electrons. The summed E-state index contributed by atoms with van der Waals surface area (Å²) in [5, 5.41) is 9.37. The number of nitriles is 1. The van der Waals surface area contributed by atoms with Crippen LogP contribution in [-0.4, -0.2) is 37.0 Å². The van der Waals surface area contributed by atoms with Gasteiger partial charge in [-0.3, -0.25) is 14.5 Å². The van der Waals surface area contributed by atoms with Gasteiger partial charge in [-0.15, -0.1) is 6.58 Å². The zero-order valence-corrected chi connectivity index (χ0v) is 17.3. The van der Waals surface area contributed by atoms with Crippen molar-refractivity contribution in [2.24, 2.45) is 5.92 Å². The Morgan fingerprint density at radius 2 is 1.97 bits per heavy atom. The fourth-order valence-corrected chi connectivity index (χ4v) is 2.89. The summed E-state index contributed by atoms with van der Waals surface area (Å²) in [6.07, 6.45) is 4.03. The Labute approximate surface area is 171 Å². The third kappa shape index (κ3) is 4.94. The van der Waals surface area contributed by atoms with Gasteiger partial charge < -0.3 is 9.47 Å². The first-order chi connectivity index (χ1) is 13.8. The number of ether oxygens (including phenoxy) is 2. The maximum Gasteiger partial charge on any atom is 0.271 e. The molecule has 2 rings (SSSR count). The molecule has 0 N–H and O–H groups in total. The van der Waals surface area contributed by atoms with E-state index in [9.17, 15) is 14.9 Å². The molecule has 1 aromatic rings. The molecule has 1 aliphatic heterocycles. The van der Waals surface area contributed by atoms with Gasteiger partial charge in [0.2, 0.25) is 0 Å². The van der Waals surface area contributed by atoms with Crippen LogP contribution in [0.15, 0.2) is 47.6 Å². The van der Waals surface area contributed by atoms with Crippen molar-refractivity contribution in [1.29, 1.82) is 5.26 Å². The number of hydrogen-bond acceptors (Lipinski definition) is 5. The number of nitrogens with zero attached hydrogens (tertiary/aromatic N) is 2. The molecule has 0 bridgehead atoms. The summed E-state index contributed by atoms with van der Waals surface area (Å²) < 4.78 is 11.2. The minimum absolute atomic E-state index is 0.0411. The monoisotopic (exact) mass is 394 g/mol. The number of hydrogen-bond donors (Lipinski definition) is 0. The highest BCUT2D eigenvalue weighted by atomic mass is 16.5. The van der Waals surface area contributed by atoms with Crippen molar-refractivity contribution in [2.45, 2.75) is 27.2 Å². The van der Waals surface area contributed by atoms with E-state index >= 15 is 0 Å². The number of rotatable bonds is 8. The van der Waals surface area contributed by atoms with Crippen LogP contribution in [0.3, 0.4) is 0 Å². The highest BCUT2D eigenvalue weighted by Crippen LogP contribution is 2.32. The molecule has 1 heterocycles. The van der Waals surface area contributed by atoms with Crippen LogP contribution < -0.4 is 9.47 Å². The fourth-order valence-electron chi connectivity index (χ4n) is 2.89. The molecule has 0 fully saturated rings. The number of carbonyl (C=O) groups is 2. The minimum atomic E-state index is -0.599. The van der Waals surface area contributed by atoms with Crippen LogP contribution in [0.2, 0.25) is 0 Å². The summed E-state index contributed by atoms with van der Waals surface area (Å²) >= 11 is 0. The van der Waals surface area contributed by atoms with Crippen LogP contribution in [-0.2, 0) is 9.59 Å². The first kappa shape index (κ1) is 22.0. The second-order valence-electron chi connectivity index (χ2n) is 7.12. The predicted molar refractivity (Wildman–Crippen MR) is 111 cm³/mol. The summed E-state index contributed by atoms with van der Waals surface area (Å²) in [5.41, 5.74) is 1.31. The lowest BCUT2D eigenvalue weighted by molar-refractivity contribution is -0.139. The van der Waals surface area contributed by atoms with Crippen LogP contribution in [0.4, 0.5) is 0 Å². The average Bonchev–Trinajstić information content (AvgIpc) is 2.69. The molecule has 29 heavy (non-hydrogen) atoms. The zero-order chi connectivity index (χ0) is 21.6. The molecule has 1 aliphatic rings. The summed E-state index contributed by atoms with van der Waals surface area (Å²) in [4.78, 5) is 26.2. The molecule has 0 radical (unpaired) electrons. The van der Waals surface area contributed by atoms with E-state index in [1.54, 1.807) is 38.3 Å². The largest absolute Gasteiger partial charge is 0.493 e. The molecule has 6 heteroatoms. The SMILES string of the molecule is C=CCN1C(=O)C(C#N)=C(C)/C(=C\c2ccc(OCCC(C)C)c(OC)c2)C1=O. The maximum absolute atomic E-state index is 12.8. The molecule has 0 saturated carbocycles. The summed E-state index contributed by atoms with van der Waals surface area (Å²) in [7, 11) is 1.55. The summed E-state index contributed by atoms with van der Waals surface area (Å²) in [6.45, 7) is 10.1. The van der Waals surface area contributed by atoms with Gasteiger partial charge >= 0.3 is 0 Å². The first-order valence-electron chi connectivity index (χ1n) is 9.45. The number of amides is 2. The van der Waals surface area contributed by atoms with Gasteiger partial charge in [0.1, 0.15) is 11.6 Å². The van der Waals surface area contributed by atoms with E-state index in [0.717, 1.165) is 11.3 Å². The van der Waals surface area contributed by atoms with E-state index in [0.29, 0.717) is 40.7 Å². The number of methoxy groups -OCH3 is 1. The lowest BCUT2D eigenvalue weighted by Gasteiger charge is -2.26. The van der Waals surface area contributed by atoms with Gasteiger partial charge in [0.25, 0.3) is 11.8 Å². The standard InChI is InChI=1S/C23H26N2O4/c1-6-10-25-22(26)18(16(4)19(14-24)23(25)27)12-17-7-8-20(21(13-17)28-5)29-11-9-15(2)3/h6-8,12-13,15H,1,9-11H2,2-5H3/b18-12+. The Morgan fingerprint density at radius 1 is 1.24 bits per heavy atom. The summed E-state index contributed by atoms with van der Waals surface area (Å²) in [5.74, 6) is 0.653. The van der Waals surface area contributed by atoms with E-state index in [-0.39, 0.29) is 12.1 Å². The third-order valence-corrected chi connectivity index (χ3v) is 4.59. The smallest absolute Gasteiger partial charge is 0.271 e. The van der Waals surface area contributed by atoms with Gasteiger partial charge in [-0.2, -0.15) is 5.26 Å². The van der Waals surface area contributed by atoms with Crippen molar-refractivity contribution in [1.82, 2.24) is 4.90 Å². The number of benzene rings is 1. The van der Waals surface area contributed by atoms with Gasteiger partial charge in [-0.1, -0.05) is 26.0 Å². The number of imide groups is 1. The molecule has 0 spiro atoms. The highest BCUT2D eigenvalue weighted by Gasteiger charge is 2.34. The van der Waals surface area contributed by atoms with E-state index in [4.69, 9.17) is 9.47 Å². The van der Waals surface area contributed by atoms with E-state index < -0.39 is 11.8 Å². The molecule has 6 nitrogen and oxygen atoms in total. The average molecular weight is 394 g/mol. The molecule has 0 atom stereocenters. The normalized spacial score (nSPS) is 15.7. The molecular weight excluding hydrogens is 368 g/mol. The summed E-state index contributed by atoms with van der Waals surface area (Å²) in [6, 6.07) is 7.27. The van der Waals surface area contributed by atoms with E-state index in [2.05, 4.69) is 20.4 Å². The van der Waals surface area contributed by atoms with Crippen molar-refractivity contribution in [3.05, 3.63) is 53.1 Å². The van der Waals surface area contributed by atoms with Crippen molar-refractivity contribution in [2.75, 3.05) is 20.3 Å². The molecule has 0 aliphatic carbocycles. The molecule has 0 saturated heterocycles. The van der Waals surface area contributed by atoms with Crippen LogP contribution in [0.5, 0.6) is 11.5 Å². The van der Waals surface area contributed by atoms with Gasteiger partial charge in [0.15, 0.2) is 11.5 Å². The van der Waals surface area contributed by atoms with Gasteiger partial charge in [0.05, 0.1) is 13.7 Å². The third-order valence-electron chi connectivity index (χ3n) is 4.59. The van der Waals surface area contributed by atoms with Gasteiger partial charge in [0, 0.05) is 12.1 Å². The lowest BCUT2D eigenvalue weighted by atomic mass is 9.93. The predicted octanol–water partition coefficient (Wildman–Crippen LogP) is 3.90. The Kier molecular flexibility index (Phi) is 7.38. The van der Waals surface area contributed by atoms with E-state index in [1.165, 1.54) is 6.08 Å². The van der Waals surface area contributed by atoms with Crippen molar-refractivity contribution in [3.8, 4) is 17.6 Å². The Hall–Kier alpha value is -3.33. The molecule has 0 aromatic heterocycles. The first-order valence-corrected chi connectivity index (χ1v) is 9.45. The van der Waals surface area contributed by atoms with Gasteiger partial charge in [-0.25, -0.2) is 0 Å². The molecular formula is C23H26N2O4. The Balaban J connectivity index is 2.42. The fraction of sp³-hybridized carbons (Fsp3) is 0.348. The Bertz CT molecular complexity index is 919. The van der Waals surface area contributed by atoms with Crippen LogP contribution in [0, 0.1) is 17.2 Å². The highest BCUT2D eigenvalue weighted by molar-refractivity contribution is 6.19.